The third kappa shape index (κ3) is 4.99. The minimum absolute atomic E-state index is 0.0103. The molecule has 1 aliphatic heterocycles. The first kappa shape index (κ1) is 16.3. The summed E-state index contributed by atoms with van der Waals surface area (Å²) in [7, 11) is 1.44. The molecule has 2 rings (SSSR count). The summed E-state index contributed by atoms with van der Waals surface area (Å²) in [4.78, 5) is 25.5. The third-order valence-electron chi connectivity index (χ3n) is 4.61. The predicted molar refractivity (Wildman–Crippen MR) is 78.8 cm³/mol. The van der Waals surface area contributed by atoms with Gasteiger partial charge in [0.05, 0.1) is 19.1 Å². The summed E-state index contributed by atoms with van der Waals surface area (Å²) >= 11 is 0. The van der Waals surface area contributed by atoms with Gasteiger partial charge in [0, 0.05) is 13.1 Å². The van der Waals surface area contributed by atoms with Gasteiger partial charge in [-0.2, -0.15) is 0 Å². The summed E-state index contributed by atoms with van der Waals surface area (Å²) < 4.78 is 10.5. The molecule has 5 heteroatoms. The predicted octanol–water partition coefficient (Wildman–Crippen LogP) is 2.14. The fraction of sp³-hybridized carbons (Fsp3) is 0.875. The molecule has 2 fully saturated rings. The van der Waals surface area contributed by atoms with Crippen LogP contribution in [0.1, 0.15) is 51.4 Å². The monoisotopic (exact) mass is 297 g/mol. The zero-order chi connectivity index (χ0) is 15.1. The lowest BCUT2D eigenvalue weighted by Crippen LogP contribution is -2.36. The Morgan fingerprint density at radius 3 is 2.19 bits per heavy atom. The van der Waals surface area contributed by atoms with E-state index >= 15 is 0 Å². The Balaban J connectivity index is 1.67. The van der Waals surface area contributed by atoms with Gasteiger partial charge >= 0.3 is 5.97 Å². The molecular formula is C16H27NO4. The molecule has 0 aromatic heterocycles. The number of esters is 1. The van der Waals surface area contributed by atoms with E-state index in [9.17, 15) is 9.59 Å². The lowest BCUT2D eigenvalue weighted by atomic mass is 9.87. The second kappa shape index (κ2) is 8.37. The van der Waals surface area contributed by atoms with Gasteiger partial charge in [-0.15, -0.1) is 0 Å². The number of likely N-dealkylation sites (tertiary alicyclic amines) is 1. The van der Waals surface area contributed by atoms with Crippen molar-refractivity contribution in [3.05, 3.63) is 0 Å². The van der Waals surface area contributed by atoms with Crippen LogP contribution in [0.2, 0.25) is 0 Å². The molecule has 0 atom stereocenters. The Bertz CT molecular complexity index is 342. The average Bonchev–Trinajstić information content (AvgIpc) is 2.81. The van der Waals surface area contributed by atoms with E-state index in [1.165, 1.54) is 20.0 Å². The van der Waals surface area contributed by atoms with Crippen LogP contribution in [0.15, 0.2) is 0 Å². The molecule has 1 saturated carbocycles. The van der Waals surface area contributed by atoms with E-state index in [1.54, 1.807) is 0 Å². The Morgan fingerprint density at radius 1 is 1.00 bits per heavy atom. The fourth-order valence-electron chi connectivity index (χ4n) is 3.23. The molecule has 120 valence electrons. The highest BCUT2D eigenvalue weighted by Gasteiger charge is 2.28. The van der Waals surface area contributed by atoms with Gasteiger partial charge in [-0.25, -0.2) is 0 Å². The van der Waals surface area contributed by atoms with Crippen molar-refractivity contribution < 1.29 is 19.1 Å². The van der Waals surface area contributed by atoms with Crippen LogP contribution in [0.25, 0.3) is 0 Å². The topological polar surface area (TPSA) is 55.8 Å². The maximum atomic E-state index is 12.1. The molecule has 0 aromatic rings. The summed E-state index contributed by atoms with van der Waals surface area (Å²) in [5.41, 5.74) is 0. The van der Waals surface area contributed by atoms with Crippen LogP contribution < -0.4 is 0 Å². The van der Waals surface area contributed by atoms with E-state index < -0.39 is 0 Å². The van der Waals surface area contributed by atoms with Crippen molar-refractivity contribution in [1.82, 2.24) is 4.90 Å². The number of hydrogen-bond donors (Lipinski definition) is 0. The molecule has 1 heterocycles. The number of nitrogens with zero attached hydrogens (tertiary/aromatic N) is 1. The minimum Gasteiger partial charge on any atom is -0.469 e. The molecule has 2 aliphatic rings. The Hall–Kier alpha value is -1.10. The molecule has 0 aromatic carbocycles. The van der Waals surface area contributed by atoms with Gasteiger partial charge in [-0.3, -0.25) is 9.59 Å². The molecule has 0 bridgehead atoms. The van der Waals surface area contributed by atoms with E-state index in [1.807, 2.05) is 4.90 Å². The normalized spacial score (nSPS) is 27.0. The number of carbonyl (C=O) groups is 2. The lowest BCUT2D eigenvalue weighted by molar-refractivity contribution is -0.149. The van der Waals surface area contributed by atoms with E-state index in [0.717, 1.165) is 51.6 Å². The fourth-order valence-corrected chi connectivity index (χ4v) is 3.23. The average molecular weight is 297 g/mol. The van der Waals surface area contributed by atoms with E-state index in [0.29, 0.717) is 0 Å². The number of methoxy groups -OCH3 is 1. The van der Waals surface area contributed by atoms with E-state index in [4.69, 9.17) is 9.47 Å². The highest BCUT2D eigenvalue weighted by atomic mass is 16.5. The smallest absolute Gasteiger partial charge is 0.308 e. The van der Waals surface area contributed by atoms with Crippen LogP contribution in [-0.2, 0) is 19.1 Å². The highest BCUT2D eigenvalue weighted by molar-refractivity contribution is 5.77. The molecule has 21 heavy (non-hydrogen) atoms. The summed E-state index contributed by atoms with van der Waals surface area (Å²) in [6.45, 7) is 1.93. The second-order valence-corrected chi connectivity index (χ2v) is 6.10. The van der Waals surface area contributed by atoms with Crippen molar-refractivity contribution in [2.75, 3.05) is 26.8 Å². The van der Waals surface area contributed by atoms with Crippen LogP contribution in [0, 0.1) is 5.92 Å². The van der Waals surface area contributed by atoms with Gasteiger partial charge < -0.3 is 14.4 Å². The van der Waals surface area contributed by atoms with Crippen molar-refractivity contribution >= 4 is 11.9 Å². The summed E-state index contributed by atoms with van der Waals surface area (Å²) in [6.07, 6.45) is 8.06. The maximum Gasteiger partial charge on any atom is 0.308 e. The summed E-state index contributed by atoms with van der Waals surface area (Å²) in [5.74, 6) is 0.0113. The number of amides is 1. The number of carbonyl (C=O) groups excluding carboxylic acids is 2. The zero-order valence-corrected chi connectivity index (χ0v) is 13.0. The van der Waals surface area contributed by atoms with Crippen LogP contribution in [0.4, 0.5) is 0 Å². The Labute approximate surface area is 127 Å². The van der Waals surface area contributed by atoms with Gasteiger partial charge in [-0.05, 0) is 38.5 Å². The lowest BCUT2D eigenvalue weighted by Gasteiger charge is -2.28. The van der Waals surface area contributed by atoms with Gasteiger partial charge in [0.1, 0.15) is 6.61 Å². The van der Waals surface area contributed by atoms with Crippen LogP contribution in [0.5, 0.6) is 0 Å². The molecule has 1 amide bonds. The summed E-state index contributed by atoms with van der Waals surface area (Å²) in [5, 5.41) is 0. The van der Waals surface area contributed by atoms with Gasteiger partial charge in [-0.1, -0.05) is 12.8 Å². The molecule has 0 unspecified atom stereocenters. The number of rotatable bonds is 4. The van der Waals surface area contributed by atoms with Crippen molar-refractivity contribution in [2.24, 2.45) is 5.92 Å². The van der Waals surface area contributed by atoms with E-state index in [2.05, 4.69) is 0 Å². The van der Waals surface area contributed by atoms with Crippen molar-refractivity contribution in [1.29, 1.82) is 0 Å². The largest absolute Gasteiger partial charge is 0.469 e. The summed E-state index contributed by atoms with van der Waals surface area (Å²) in [6, 6.07) is 0. The molecule has 1 aliphatic carbocycles. The first-order valence-electron chi connectivity index (χ1n) is 8.18. The quantitative estimate of drug-likeness (QED) is 0.746. The van der Waals surface area contributed by atoms with Gasteiger partial charge in [0.15, 0.2) is 0 Å². The van der Waals surface area contributed by atoms with Gasteiger partial charge in [0.2, 0.25) is 5.91 Å². The number of hydrogen-bond acceptors (Lipinski definition) is 4. The molecule has 5 nitrogen and oxygen atoms in total. The third-order valence-corrected chi connectivity index (χ3v) is 4.61. The van der Waals surface area contributed by atoms with Crippen LogP contribution in [-0.4, -0.2) is 49.7 Å². The van der Waals surface area contributed by atoms with Crippen LogP contribution >= 0.6 is 0 Å². The Morgan fingerprint density at radius 2 is 1.62 bits per heavy atom. The van der Waals surface area contributed by atoms with E-state index in [-0.39, 0.29) is 30.5 Å². The SMILES string of the molecule is COC(=O)C1CCC(OCC(=O)N2CCCCCC2)CC1. The molecular weight excluding hydrogens is 270 g/mol. The molecule has 0 spiro atoms. The first-order chi connectivity index (χ1) is 10.2. The molecule has 0 radical (unpaired) electrons. The first-order valence-corrected chi connectivity index (χ1v) is 8.18. The van der Waals surface area contributed by atoms with Crippen molar-refractivity contribution in [3.8, 4) is 0 Å². The number of ether oxygens (including phenoxy) is 2. The maximum absolute atomic E-state index is 12.1. The minimum atomic E-state index is -0.117. The molecule has 1 saturated heterocycles. The zero-order valence-electron chi connectivity index (χ0n) is 13.0. The van der Waals surface area contributed by atoms with Crippen molar-refractivity contribution in [3.63, 3.8) is 0 Å². The second-order valence-electron chi connectivity index (χ2n) is 6.10. The Kier molecular flexibility index (Phi) is 6.49. The van der Waals surface area contributed by atoms with Gasteiger partial charge in [0.25, 0.3) is 0 Å². The van der Waals surface area contributed by atoms with Crippen LogP contribution in [0.3, 0.4) is 0 Å². The van der Waals surface area contributed by atoms with Crippen molar-refractivity contribution in [2.45, 2.75) is 57.5 Å². The highest BCUT2D eigenvalue weighted by Crippen LogP contribution is 2.27. The molecule has 0 N–H and O–H groups in total. The standard InChI is InChI=1S/C16H27NO4/c1-20-16(19)13-6-8-14(9-7-13)21-12-15(18)17-10-4-2-3-5-11-17/h13-14H,2-12H2,1H3.